The molecule has 0 saturated heterocycles. The van der Waals surface area contributed by atoms with E-state index in [9.17, 15) is 13.2 Å². The molecule has 0 amide bonds. The second-order valence-electron chi connectivity index (χ2n) is 6.61. The summed E-state index contributed by atoms with van der Waals surface area (Å²) in [6.07, 6.45) is 0. The lowest BCUT2D eigenvalue weighted by molar-refractivity contribution is 0.0600. The minimum Gasteiger partial charge on any atom is -0.465 e. The van der Waals surface area contributed by atoms with Crippen molar-refractivity contribution in [1.82, 2.24) is 4.72 Å². The molecule has 2 aromatic carbocycles. The van der Waals surface area contributed by atoms with E-state index in [1.165, 1.54) is 18.7 Å². The van der Waals surface area contributed by atoms with Crippen LogP contribution in [-0.2, 0) is 14.8 Å². The molecule has 0 aliphatic rings. The zero-order valence-corrected chi connectivity index (χ0v) is 16.8. The van der Waals surface area contributed by atoms with Gasteiger partial charge in [0, 0.05) is 6.04 Å². The highest BCUT2D eigenvalue weighted by atomic mass is 32.2. The Hall–Kier alpha value is -2.18. The molecule has 26 heavy (non-hydrogen) atoms. The molecule has 1 unspecified atom stereocenters. The van der Waals surface area contributed by atoms with E-state index < -0.39 is 22.0 Å². The third-order valence-electron chi connectivity index (χ3n) is 4.58. The van der Waals surface area contributed by atoms with Crippen molar-refractivity contribution < 1.29 is 17.9 Å². The fourth-order valence-corrected chi connectivity index (χ4v) is 4.44. The Labute approximate surface area is 155 Å². The van der Waals surface area contributed by atoms with E-state index in [1.807, 2.05) is 33.8 Å². The zero-order valence-electron chi connectivity index (χ0n) is 16.0. The van der Waals surface area contributed by atoms with E-state index in [0.717, 1.165) is 16.7 Å². The van der Waals surface area contributed by atoms with Crippen LogP contribution in [0.1, 0.15) is 51.1 Å². The smallest absolute Gasteiger partial charge is 0.337 e. The van der Waals surface area contributed by atoms with Crippen molar-refractivity contribution in [2.24, 2.45) is 0 Å². The van der Waals surface area contributed by atoms with Gasteiger partial charge in [0.1, 0.15) is 0 Å². The van der Waals surface area contributed by atoms with Crippen molar-refractivity contribution in [3.63, 3.8) is 0 Å². The second-order valence-corrected chi connectivity index (χ2v) is 8.29. The Morgan fingerprint density at radius 1 is 0.962 bits per heavy atom. The number of nitrogens with one attached hydrogen (secondary N) is 1. The fourth-order valence-electron chi connectivity index (χ4n) is 2.94. The molecule has 2 rings (SSSR count). The van der Waals surface area contributed by atoms with Gasteiger partial charge in [0.25, 0.3) is 0 Å². The lowest BCUT2D eigenvalue weighted by Gasteiger charge is -2.19. The Bertz CT molecular complexity index is 949. The average Bonchev–Trinajstić information content (AvgIpc) is 2.57. The molecular formula is C20H25NO4S. The number of hydrogen-bond donors (Lipinski definition) is 1. The van der Waals surface area contributed by atoms with E-state index >= 15 is 0 Å². The number of benzene rings is 2. The maximum Gasteiger partial charge on any atom is 0.337 e. The number of ether oxygens (including phenoxy) is 1. The summed E-state index contributed by atoms with van der Waals surface area (Å²) in [6.45, 7) is 9.51. The van der Waals surface area contributed by atoms with Crippen molar-refractivity contribution in [3.05, 3.63) is 63.7 Å². The van der Waals surface area contributed by atoms with Crippen LogP contribution in [0.5, 0.6) is 0 Å². The van der Waals surface area contributed by atoms with Crippen LogP contribution in [0.25, 0.3) is 0 Å². The molecule has 0 saturated carbocycles. The highest BCUT2D eigenvalue weighted by Gasteiger charge is 2.23. The normalized spacial score (nSPS) is 12.7. The molecule has 2 aromatic rings. The second kappa shape index (κ2) is 7.60. The van der Waals surface area contributed by atoms with Gasteiger partial charge < -0.3 is 4.74 Å². The number of methoxy groups -OCH3 is 1. The minimum absolute atomic E-state index is 0.0775. The summed E-state index contributed by atoms with van der Waals surface area (Å²) in [7, 11) is -2.54. The molecule has 0 bridgehead atoms. The van der Waals surface area contributed by atoms with Crippen molar-refractivity contribution >= 4 is 16.0 Å². The van der Waals surface area contributed by atoms with E-state index in [1.54, 1.807) is 19.1 Å². The summed E-state index contributed by atoms with van der Waals surface area (Å²) in [5.74, 6) is -0.570. The summed E-state index contributed by atoms with van der Waals surface area (Å²) in [5, 5.41) is 0. The van der Waals surface area contributed by atoms with Gasteiger partial charge in [-0.2, -0.15) is 0 Å². The molecule has 0 radical (unpaired) electrons. The molecule has 0 heterocycles. The Morgan fingerprint density at radius 3 is 2.19 bits per heavy atom. The van der Waals surface area contributed by atoms with Crippen molar-refractivity contribution in [2.75, 3.05) is 7.11 Å². The summed E-state index contributed by atoms with van der Waals surface area (Å²) in [6, 6.07) is 8.17. The summed E-state index contributed by atoms with van der Waals surface area (Å²) in [4.78, 5) is 11.8. The summed E-state index contributed by atoms with van der Waals surface area (Å²) >= 11 is 0. The fraction of sp³-hybridized carbons (Fsp3) is 0.350. The molecule has 0 fully saturated rings. The molecule has 0 aromatic heterocycles. The number of esters is 1. The third kappa shape index (κ3) is 4.14. The van der Waals surface area contributed by atoms with Crippen LogP contribution in [0, 0.1) is 27.7 Å². The van der Waals surface area contributed by atoms with Crippen LogP contribution >= 0.6 is 0 Å². The van der Waals surface area contributed by atoms with E-state index in [0.29, 0.717) is 5.56 Å². The first-order valence-electron chi connectivity index (χ1n) is 8.36. The van der Waals surface area contributed by atoms with Gasteiger partial charge in [-0.15, -0.1) is 0 Å². The lowest BCUT2D eigenvalue weighted by atomic mass is 9.97. The monoisotopic (exact) mass is 375 g/mol. The third-order valence-corrected chi connectivity index (χ3v) is 6.26. The Kier molecular flexibility index (Phi) is 5.88. The molecular weight excluding hydrogens is 350 g/mol. The van der Waals surface area contributed by atoms with Gasteiger partial charge in [0.15, 0.2) is 0 Å². The molecule has 0 spiro atoms. The maximum atomic E-state index is 12.9. The molecule has 0 aliphatic heterocycles. The number of carbonyl (C=O) groups excluding carboxylic acids is 1. The Morgan fingerprint density at radius 2 is 1.58 bits per heavy atom. The highest BCUT2D eigenvalue weighted by Crippen LogP contribution is 2.25. The molecule has 140 valence electrons. The van der Waals surface area contributed by atoms with Gasteiger partial charge in [0.05, 0.1) is 17.6 Å². The topological polar surface area (TPSA) is 72.5 Å². The van der Waals surface area contributed by atoms with Gasteiger partial charge >= 0.3 is 5.97 Å². The highest BCUT2D eigenvalue weighted by molar-refractivity contribution is 7.89. The average molecular weight is 375 g/mol. The van der Waals surface area contributed by atoms with Gasteiger partial charge in [0.2, 0.25) is 10.0 Å². The number of hydrogen-bond acceptors (Lipinski definition) is 4. The van der Waals surface area contributed by atoms with Gasteiger partial charge in [-0.1, -0.05) is 18.2 Å². The lowest BCUT2D eigenvalue weighted by Crippen LogP contribution is -2.28. The zero-order chi connectivity index (χ0) is 19.6. The number of aryl methyl sites for hydroxylation is 4. The standard InChI is InChI=1S/C20H25NO4S/c1-12-7-8-17(20(22)25-6)11-19(12)26(23,24)21-16(5)18-10-14(3)13(2)9-15(18)4/h7-11,16,21H,1-6H3. The van der Waals surface area contributed by atoms with Crippen LogP contribution in [-0.4, -0.2) is 21.5 Å². The maximum absolute atomic E-state index is 12.9. The molecule has 1 N–H and O–H groups in total. The number of carbonyl (C=O) groups is 1. The van der Waals surface area contributed by atoms with Crippen molar-refractivity contribution in [1.29, 1.82) is 0 Å². The van der Waals surface area contributed by atoms with Gasteiger partial charge in [-0.3, -0.25) is 0 Å². The number of sulfonamides is 1. The molecule has 5 nitrogen and oxygen atoms in total. The van der Waals surface area contributed by atoms with Crippen LogP contribution in [0.3, 0.4) is 0 Å². The first kappa shape index (κ1) is 20.1. The predicted octanol–water partition coefficient (Wildman–Crippen LogP) is 3.75. The summed E-state index contributed by atoms with van der Waals surface area (Å²) < 4.78 is 33.2. The quantitative estimate of drug-likeness (QED) is 0.808. The van der Waals surface area contributed by atoms with Crippen molar-refractivity contribution in [2.45, 2.75) is 45.6 Å². The van der Waals surface area contributed by atoms with E-state index in [-0.39, 0.29) is 10.5 Å². The predicted molar refractivity (Wildman–Crippen MR) is 102 cm³/mol. The molecule has 0 aliphatic carbocycles. The van der Waals surface area contributed by atoms with Crippen LogP contribution in [0.15, 0.2) is 35.2 Å². The first-order chi connectivity index (χ1) is 12.1. The minimum atomic E-state index is -3.80. The first-order valence-corrected chi connectivity index (χ1v) is 9.84. The van der Waals surface area contributed by atoms with Gasteiger partial charge in [-0.05, 0) is 74.6 Å². The molecule has 6 heteroatoms. The summed E-state index contributed by atoms with van der Waals surface area (Å²) in [5.41, 5.74) is 5.01. The Balaban J connectivity index is 2.40. The van der Waals surface area contributed by atoms with Crippen LogP contribution in [0.2, 0.25) is 0 Å². The van der Waals surface area contributed by atoms with Gasteiger partial charge in [-0.25, -0.2) is 17.9 Å². The van der Waals surface area contributed by atoms with E-state index in [4.69, 9.17) is 0 Å². The van der Waals surface area contributed by atoms with Crippen molar-refractivity contribution in [3.8, 4) is 0 Å². The largest absolute Gasteiger partial charge is 0.465 e. The van der Waals surface area contributed by atoms with E-state index in [2.05, 4.69) is 15.5 Å². The van der Waals surface area contributed by atoms with Crippen LogP contribution in [0.4, 0.5) is 0 Å². The SMILES string of the molecule is COC(=O)c1ccc(C)c(S(=O)(=O)NC(C)c2cc(C)c(C)cc2C)c1. The van der Waals surface area contributed by atoms with Crippen LogP contribution < -0.4 is 4.72 Å². The number of rotatable bonds is 5. The molecule has 1 atom stereocenters.